The van der Waals surface area contributed by atoms with E-state index in [0.717, 1.165) is 7.11 Å². The van der Waals surface area contributed by atoms with Gasteiger partial charge in [0.05, 0.1) is 20.3 Å². The highest BCUT2D eigenvalue weighted by atomic mass is 16.7. The molecule has 12 heteroatoms. The average molecular weight is 542 g/mol. The molecule has 0 aliphatic rings. The smallest absolute Gasteiger partial charge is 0.458 e. The third-order valence-corrected chi connectivity index (χ3v) is 4.32. The normalized spacial score (nSPS) is 13.0. The van der Waals surface area contributed by atoms with Gasteiger partial charge in [0.25, 0.3) is 0 Å². The van der Waals surface area contributed by atoms with Crippen molar-refractivity contribution in [3.05, 3.63) is 23.8 Å². The van der Waals surface area contributed by atoms with Crippen LogP contribution in [0, 0.1) is 10.8 Å². The second-order valence-corrected chi connectivity index (χ2v) is 11.0. The van der Waals surface area contributed by atoms with E-state index in [-0.39, 0.29) is 48.6 Å². The molecular weight excluding hydrogens is 502 g/mol. The van der Waals surface area contributed by atoms with Crippen LogP contribution in [0.4, 0.5) is 14.4 Å². The van der Waals surface area contributed by atoms with E-state index in [2.05, 4.69) is 4.74 Å². The lowest BCUT2D eigenvalue weighted by molar-refractivity contribution is -0.152. The molecule has 1 rings (SSSR count). The lowest BCUT2D eigenvalue weighted by atomic mass is 9.99. The molecule has 0 heterocycles. The first-order valence-corrected chi connectivity index (χ1v) is 12.0. The molecule has 0 amide bonds. The van der Waals surface area contributed by atoms with E-state index >= 15 is 0 Å². The van der Waals surface area contributed by atoms with E-state index < -0.39 is 36.6 Å². The minimum atomic E-state index is -1.10. The summed E-state index contributed by atoms with van der Waals surface area (Å²) in [5.74, 6) is -0.969. The topological polar surface area (TPSA) is 159 Å². The van der Waals surface area contributed by atoms with Gasteiger partial charge in [-0.15, -0.1) is 0 Å². The maximum atomic E-state index is 12.4. The van der Waals surface area contributed by atoms with Gasteiger partial charge in [-0.25, -0.2) is 14.4 Å². The van der Waals surface area contributed by atoms with Crippen LogP contribution < -0.4 is 15.2 Å². The summed E-state index contributed by atoms with van der Waals surface area (Å²) >= 11 is 0. The number of benzene rings is 1. The first-order valence-electron chi connectivity index (χ1n) is 12.0. The predicted octanol–water partition coefficient (Wildman–Crippen LogP) is 4.39. The van der Waals surface area contributed by atoms with Gasteiger partial charge < -0.3 is 38.9 Å². The van der Waals surface area contributed by atoms with Gasteiger partial charge in [0.15, 0.2) is 11.5 Å². The zero-order valence-corrected chi connectivity index (χ0v) is 23.3. The van der Waals surface area contributed by atoms with Crippen molar-refractivity contribution in [1.82, 2.24) is 0 Å². The number of nitrogens with two attached hydrogens (primary N) is 1. The Kier molecular flexibility index (Phi) is 12.3. The highest BCUT2D eigenvalue weighted by Gasteiger charge is 2.23. The Morgan fingerprint density at radius 2 is 1.34 bits per heavy atom. The van der Waals surface area contributed by atoms with Crippen molar-refractivity contribution in [1.29, 1.82) is 0 Å². The van der Waals surface area contributed by atoms with Crippen LogP contribution in [0.15, 0.2) is 18.2 Å². The van der Waals surface area contributed by atoms with Crippen LogP contribution in [0.3, 0.4) is 0 Å². The van der Waals surface area contributed by atoms with E-state index in [1.807, 2.05) is 41.5 Å². The molecule has 0 saturated heterocycles. The first kappa shape index (κ1) is 32.5. The van der Waals surface area contributed by atoms with Crippen molar-refractivity contribution in [3.8, 4) is 11.5 Å². The van der Waals surface area contributed by atoms with E-state index in [4.69, 9.17) is 34.2 Å². The van der Waals surface area contributed by atoms with Crippen LogP contribution in [-0.2, 0) is 34.9 Å². The highest BCUT2D eigenvalue weighted by molar-refractivity contribution is 5.76. The van der Waals surface area contributed by atoms with E-state index in [1.165, 1.54) is 25.1 Å². The molecule has 0 spiro atoms. The summed E-state index contributed by atoms with van der Waals surface area (Å²) in [7, 11) is 1.16. The standard InChI is InChI=1S/C26H39NO11/c1-16(13-33-22(29)32-8)36-21(28)18(27)11-17-9-10-19(37-23(30)34-14-25(2,3)4)20(12-17)38-24(31)35-15-26(5,6)7/h9-10,12,16,18H,11,13-15,27H2,1-8H3/t16-,18-/m0/s1. The molecule has 0 bridgehead atoms. The van der Waals surface area contributed by atoms with Crippen molar-refractivity contribution in [3.63, 3.8) is 0 Å². The summed E-state index contributed by atoms with van der Waals surface area (Å²) in [5.41, 5.74) is 5.87. The molecule has 0 aromatic heterocycles. The molecule has 0 aliphatic heterocycles. The van der Waals surface area contributed by atoms with Crippen LogP contribution in [0.1, 0.15) is 54.0 Å². The van der Waals surface area contributed by atoms with Gasteiger partial charge in [0.2, 0.25) is 0 Å². The quantitative estimate of drug-likeness (QED) is 0.253. The maximum absolute atomic E-state index is 12.4. The van der Waals surface area contributed by atoms with E-state index in [0.29, 0.717) is 5.56 Å². The van der Waals surface area contributed by atoms with Crippen LogP contribution in [-0.4, -0.2) is 63.5 Å². The number of esters is 1. The number of hydrogen-bond donors (Lipinski definition) is 1. The van der Waals surface area contributed by atoms with Gasteiger partial charge in [0, 0.05) is 0 Å². The summed E-state index contributed by atoms with van der Waals surface area (Å²) < 4.78 is 35.0. The van der Waals surface area contributed by atoms with Crippen LogP contribution >= 0.6 is 0 Å². The molecule has 0 unspecified atom stereocenters. The molecule has 2 atom stereocenters. The van der Waals surface area contributed by atoms with Crippen molar-refractivity contribution in [2.75, 3.05) is 26.9 Å². The summed E-state index contributed by atoms with van der Waals surface area (Å²) in [6.45, 7) is 12.8. The molecule has 0 aliphatic carbocycles. The molecular formula is C26H39NO11. The van der Waals surface area contributed by atoms with Gasteiger partial charge in [-0.2, -0.15) is 0 Å². The molecule has 38 heavy (non-hydrogen) atoms. The van der Waals surface area contributed by atoms with E-state index in [1.54, 1.807) is 0 Å². The summed E-state index contributed by atoms with van der Waals surface area (Å²) in [5, 5.41) is 0. The molecule has 0 radical (unpaired) electrons. The second kappa shape index (κ2) is 14.4. The fraction of sp³-hybridized carbons (Fsp3) is 0.615. The van der Waals surface area contributed by atoms with Gasteiger partial charge in [-0.3, -0.25) is 4.79 Å². The monoisotopic (exact) mass is 541 g/mol. The Hall–Kier alpha value is -3.54. The highest BCUT2D eigenvalue weighted by Crippen LogP contribution is 2.30. The van der Waals surface area contributed by atoms with E-state index in [9.17, 15) is 19.2 Å². The molecule has 1 aromatic carbocycles. The summed E-state index contributed by atoms with van der Waals surface area (Å²) in [6.07, 6.45) is -3.67. The number of carbonyl (C=O) groups excluding carboxylic acids is 4. The maximum Gasteiger partial charge on any atom is 0.513 e. The lowest BCUT2D eigenvalue weighted by Gasteiger charge is -2.19. The molecule has 0 fully saturated rings. The van der Waals surface area contributed by atoms with Crippen molar-refractivity contribution in [2.24, 2.45) is 16.6 Å². The van der Waals surface area contributed by atoms with Crippen molar-refractivity contribution >= 4 is 24.4 Å². The first-order chi connectivity index (χ1) is 17.5. The minimum absolute atomic E-state index is 0.00837. The molecule has 2 N–H and O–H groups in total. The zero-order valence-electron chi connectivity index (χ0n) is 23.3. The summed E-state index contributed by atoms with van der Waals surface area (Å²) in [4.78, 5) is 47.9. The van der Waals surface area contributed by atoms with Gasteiger partial charge in [-0.05, 0) is 41.9 Å². The second-order valence-electron chi connectivity index (χ2n) is 11.0. The van der Waals surface area contributed by atoms with Crippen molar-refractivity contribution < 1.29 is 52.3 Å². The number of methoxy groups -OCH3 is 1. The number of carbonyl (C=O) groups is 4. The van der Waals surface area contributed by atoms with Crippen LogP contribution in [0.5, 0.6) is 11.5 Å². The Morgan fingerprint density at radius 3 is 1.84 bits per heavy atom. The third-order valence-electron chi connectivity index (χ3n) is 4.32. The molecule has 214 valence electrons. The number of rotatable bonds is 10. The SMILES string of the molecule is COC(=O)OC[C@H](C)OC(=O)[C@@H](N)Cc1ccc(OC(=O)OCC(C)(C)C)c(OC(=O)OCC(C)(C)C)c1. The van der Waals surface area contributed by atoms with Gasteiger partial charge in [0.1, 0.15) is 18.8 Å². The van der Waals surface area contributed by atoms with Crippen LogP contribution in [0.25, 0.3) is 0 Å². The zero-order chi connectivity index (χ0) is 29.1. The Labute approximate surface area is 223 Å². The fourth-order valence-electron chi connectivity index (χ4n) is 2.53. The van der Waals surface area contributed by atoms with Crippen LogP contribution in [0.2, 0.25) is 0 Å². The average Bonchev–Trinajstić information content (AvgIpc) is 2.80. The molecule has 12 nitrogen and oxygen atoms in total. The number of hydrogen-bond acceptors (Lipinski definition) is 12. The van der Waals surface area contributed by atoms with Gasteiger partial charge >= 0.3 is 24.4 Å². The van der Waals surface area contributed by atoms with Crippen molar-refractivity contribution in [2.45, 2.75) is 67.0 Å². The lowest BCUT2D eigenvalue weighted by Crippen LogP contribution is -2.37. The Balaban J connectivity index is 2.96. The third kappa shape index (κ3) is 13.7. The minimum Gasteiger partial charge on any atom is -0.458 e. The summed E-state index contributed by atoms with van der Waals surface area (Å²) in [6, 6.07) is 3.21. The Morgan fingerprint density at radius 1 is 0.816 bits per heavy atom. The molecule has 0 saturated carbocycles. The predicted molar refractivity (Wildman–Crippen MR) is 135 cm³/mol. The molecule has 1 aromatic rings. The van der Waals surface area contributed by atoms with Gasteiger partial charge in [-0.1, -0.05) is 47.6 Å². The fourth-order valence-corrected chi connectivity index (χ4v) is 2.53. The largest absolute Gasteiger partial charge is 0.513 e. The Bertz CT molecular complexity index is 963. The number of ether oxygens (including phenoxy) is 7.